The summed E-state index contributed by atoms with van der Waals surface area (Å²) >= 11 is 12.2. The first-order valence-corrected chi connectivity index (χ1v) is 12.3. The van der Waals surface area contributed by atoms with Gasteiger partial charge in [-0.2, -0.15) is 0 Å². The van der Waals surface area contributed by atoms with Crippen LogP contribution in [0, 0.1) is 15.5 Å². The number of anilines is 1. The number of rotatable bonds is 2. The van der Waals surface area contributed by atoms with Crippen molar-refractivity contribution >= 4 is 51.5 Å². The minimum absolute atomic E-state index is 0.0812. The molecule has 5 rings (SSSR count). The Labute approximate surface area is 211 Å². The predicted molar refractivity (Wildman–Crippen MR) is 137 cm³/mol. The molecule has 2 aromatic carbocycles. The number of nitro groups is 1. The van der Waals surface area contributed by atoms with Gasteiger partial charge in [0.2, 0.25) is 0 Å². The summed E-state index contributed by atoms with van der Waals surface area (Å²) in [5.41, 5.74) is 1.10. The van der Waals surface area contributed by atoms with Gasteiger partial charge in [0.05, 0.1) is 20.5 Å². The Bertz CT molecular complexity index is 1370. The Morgan fingerprint density at radius 3 is 2.23 bits per heavy atom. The van der Waals surface area contributed by atoms with Gasteiger partial charge in [-0.1, -0.05) is 23.2 Å². The number of piperidine rings is 2. The van der Waals surface area contributed by atoms with Gasteiger partial charge in [0.25, 0.3) is 11.2 Å². The highest BCUT2D eigenvalue weighted by Gasteiger charge is 2.39. The highest BCUT2D eigenvalue weighted by atomic mass is 35.5. The van der Waals surface area contributed by atoms with Crippen LogP contribution >= 0.6 is 23.2 Å². The molecule has 1 spiro atoms. The fourth-order valence-electron chi connectivity index (χ4n) is 5.28. The third-order valence-corrected chi connectivity index (χ3v) is 8.21. The van der Waals surface area contributed by atoms with Crippen LogP contribution in [0.2, 0.25) is 10.0 Å². The molecule has 2 aliphatic heterocycles. The highest BCUT2D eigenvalue weighted by Crippen LogP contribution is 2.42. The van der Waals surface area contributed by atoms with E-state index in [0.29, 0.717) is 34.0 Å². The van der Waals surface area contributed by atoms with Gasteiger partial charge in [0.15, 0.2) is 0 Å². The molecule has 8 nitrogen and oxygen atoms in total. The molecule has 0 radical (unpaired) electrons. The van der Waals surface area contributed by atoms with Crippen molar-refractivity contribution in [1.29, 1.82) is 0 Å². The number of carbonyl (C=O) groups is 1. The molecule has 0 bridgehead atoms. The lowest BCUT2D eigenvalue weighted by Gasteiger charge is -2.47. The van der Waals surface area contributed by atoms with Crippen LogP contribution in [0.4, 0.5) is 16.2 Å². The number of carbonyl (C=O) groups excluding carboxylic acids is 1. The minimum Gasteiger partial charge on any atom is -0.371 e. The van der Waals surface area contributed by atoms with Gasteiger partial charge in [-0.15, -0.1) is 0 Å². The summed E-state index contributed by atoms with van der Waals surface area (Å²) in [4.78, 5) is 40.6. The summed E-state index contributed by atoms with van der Waals surface area (Å²) in [5.74, 6) is 0. The van der Waals surface area contributed by atoms with Crippen LogP contribution in [0.15, 0.2) is 53.3 Å². The molecule has 3 aromatic rings. The normalized spacial score (nSPS) is 17.7. The number of benzene rings is 2. The molecule has 35 heavy (non-hydrogen) atoms. The third kappa shape index (κ3) is 4.48. The fourth-order valence-corrected chi connectivity index (χ4v) is 5.57. The quantitative estimate of drug-likeness (QED) is 0.329. The van der Waals surface area contributed by atoms with E-state index in [2.05, 4.69) is 4.90 Å². The lowest BCUT2D eigenvalue weighted by molar-refractivity contribution is -0.384. The van der Waals surface area contributed by atoms with Gasteiger partial charge >= 0.3 is 6.03 Å². The van der Waals surface area contributed by atoms with Gasteiger partial charge in [0, 0.05) is 55.5 Å². The van der Waals surface area contributed by atoms with E-state index in [1.54, 1.807) is 4.90 Å². The lowest BCUT2D eigenvalue weighted by atomic mass is 9.71. The number of hydrogen-bond acceptors (Lipinski definition) is 5. The van der Waals surface area contributed by atoms with Crippen molar-refractivity contribution in [3.05, 3.63) is 79.0 Å². The summed E-state index contributed by atoms with van der Waals surface area (Å²) in [6.07, 6.45) is 3.79. The smallest absolute Gasteiger partial charge is 0.331 e. The van der Waals surface area contributed by atoms with Crippen molar-refractivity contribution in [3.8, 4) is 0 Å². The molecule has 0 N–H and O–H groups in total. The van der Waals surface area contributed by atoms with Gasteiger partial charge in [0.1, 0.15) is 0 Å². The molecule has 182 valence electrons. The molecule has 10 heteroatoms. The van der Waals surface area contributed by atoms with E-state index in [0.717, 1.165) is 49.0 Å². The number of non-ortho nitro benzene ring substituents is 1. The predicted octanol–water partition coefficient (Wildman–Crippen LogP) is 5.57. The number of likely N-dealkylation sites (tertiary alicyclic amines) is 1. The average Bonchev–Trinajstić information content (AvgIpc) is 2.86. The van der Waals surface area contributed by atoms with E-state index in [1.807, 2.05) is 18.2 Å². The van der Waals surface area contributed by atoms with Crippen molar-refractivity contribution in [2.24, 2.45) is 5.41 Å². The van der Waals surface area contributed by atoms with Gasteiger partial charge in [-0.05, 0) is 61.4 Å². The Balaban J connectivity index is 1.28. The SMILES string of the molecule is O=C(N1CCC2(CC1)CCN(c1ccc(Cl)c(Cl)c1)CC2)n1c(=O)ccc2cc([N+](=O)[O-])ccc21. The Morgan fingerprint density at radius 1 is 0.886 bits per heavy atom. The van der Waals surface area contributed by atoms with Crippen molar-refractivity contribution in [3.63, 3.8) is 0 Å². The average molecular weight is 515 g/mol. The number of halogens is 2. The molecule has 0 saturated carbocycles. The van der Waals surface area contributed by atoms with E-state index in [1.165, 1.54) is 30.3 Å². The first kappa shape index (κ1) is 23.6. The zero-order valence-electron chi connectivity index (χ0n) is 19.0. The number of nitrogens with zero attached hydrogens (tertiary/aromatic N) is 4. The number of amides is 1. The van der Waals surface area contributed by atoms with Crippen LogP contribution in [0.1, 0.15) is 25.7 Å². The maximum atomic E-state index is 13.3. The standard InChI is InChI=1S/C25H24Cl2N4O4/c26-20-4-2-18(16-21(20)27)28-11-7-25(8-12-28)9-13-29(14-10-25)24(33)30-22-5-3-19(31(34)35)15-17(22)1-6-23(30)32/h1-6,15-16H,7-14H2. The summed E-state index contributed by atoms with van der Waals surface area (Å²) in [7, 11) is 0. The maximum absolute atomic E-state index is 13.3. The van der Waals surface area contributed by atoms with Crippen molar-refractivity contribution < 1.29 is 9.72 Å². The van der Waals surface area contributed by atoms with E-state index in [-0.39, 0.29) is 17.1 Å². The Morgan fingerprint density at radius 2 is 1.57 bits per heavy atom. The van der Waals surface area contributed by atoms with Crippen molar-refractivity contribution in [1.82, 2.24) is 9.47 Å². The molecule has 0 unspecified atom stereocenters. The fraction of sp³-hybridized carbons (Fsp3) is 0.360. The molecule has 0 aliphatic carbocycles. The summed E-state index contributed by atoms with van der Waals surface area (Å²) in [6, 6.07) is 12.3. The Hall–Kier alpha value is -3.10. The molecule has 3 heterocycles. The monoisotopic (exact) mass is 514 g/mol. The summed E-state index contributed by atoms with van der Waals surface area (Å²) in [5, 5.41) is 12.7. The lowest BCUT2D eigenvalue weighted by Crippen LogP contribution is -2.50. The van der Waals surface area contributed by atoms with Crippen LogP contribution in [-0.2, 0) is 0 Å². The largest absolute Gasteiger partial charge is 0.371 e. The first-order chi connectivity index (χ1) is 16.8. The number of fused-ring (bicyclic) bond motifs is 1. The topological polar surface area (TPSA) is 88.7 Å². The molecule has 2 saturated heterocycles. The molecule has 0 atom stereocenters. The van der Waals surface area contributed by atoms with Gasteiger partial charge < -0.3 is 9.80 Å². The molecular weight excluding hydrogens is 491 g/mol. The van der Waals surface area contributed by atoms with Crippen LogP contribution in [0.25, 0.3) is 10.9 Å². The third-order valence-electron chi connectivity index (χ3n) is 7.47. The molecule has 1 aromatic heterocycles. The van der Waals surface area contributed by atoms with E-state index < -0.39 is 10.5 Å². The zero-order valence-corrected chi connectivity index (χ0v) is 20.5. The second-order valence-electron chi connectivity index (χ2n) is 9.36. The Kier molecular flexibility index (Phi) is 6.19. The van der Waals surface area contributed by atoms with Gasteiger partial charge in [-0.25, -0.2) is 9.36 Å². The number of nitro benzene ring substituents is 1. The van der Waals surface area contributed by atoms with Crippen LogP contribution in [-0.4, -0.2) is 46.6 Å². The first-order valence-electron chi connectivity index (χ1n) is 11.6. The van der Waals surface area contributed by atoms with E-state index >= 15 is 0 Å². The molecule has 2 aliphatic rings. The van der Waals surface area contributed by atoms with Crippen molar-refractivity contribution in [2.45, 2.75) is 25.7 Å². The van der Waals surface area contributed by atoms with Crippen LogP contribution < -0.4 is 10.5 Å². The molecule has 1 amide bonds. The van der Waals surface area contributed by atoms with E-state index in [4.69, 9.17) is 23.2 Å². The van der Waals surface area contributed by atoms with E-state index in [9.17, 15) is 19.7 Å². The summed E-state index contributed by atoms with van der Waals surface area (Å²) in [6.45, 7) is 2.96. The summed E-state index contributed by atoms with van der Waals surface area (Å²) < 4.78 is 1.13. The van der Waals surface area contributed by atoms with Crippen molar-refractivity contribution in [2.75, 3.05) is 31.1 Å². The number of hydrogen-bond donors (Lipinski definition) is 0. The minimum atomic E-state index is -0.492. The van der Waals surface area contributed by atoms with Crippen LogP contribution in [0.3, 0.4) is 0 Å². The molecular formula is C25H24Cl2N4O4. The highest BCUT2D eigenvalue weighted by molar-refractivity contribution is 6.42. The second-order valence-corrected chi connectivity index (χ2v) is 10.2. The number of aromatic nitrogens is 1. The number of pyridine rings is 1. The second kappa shape index (κ2) is 9.17. The molecule has 2 fully saturated rings. The zero-order chi connectivity index (χ0) is 24.7. The maximum Gasteiger partial charge on any atom is 0.331 e. The van der Waals surface area contributed by atoms with Gasteiger partial charge in [-0.3, -0.25) is 14.9 Å². The van der Waals surface area contributed by atoms with Crippen LogP contribution in [0.5, 0.6) is 0 Å².